The van der Waals surface area contributed by atoms with E-state index in [4.69, 9.17) is 16.3 Å². The zero-order valence-corrected chi connectivity index (χ0v) is 13.7. The summed E-state index contributed by atoms with van der Waals surface area (Å²) >= 11 is 6.30. The van der Waals surface area contributed by atoms with Gasteiger partial charge in [-0.1, -0.05) is 41.9 Å². The van der Waals surface area contributed by atoms with Crippen LogP contribution in [0.4, 0.5) is 10.5 Å². The van der Waals surface area contributed by atoms with Crippen molar-refractivity contribution in [3.8, 4) is 5.75 Å². The molecule has 5 heteroatoms. The lowest BCUT2D eigenvalue weighted by molar-refractivity contribution is 0.207. The molecule has 1 fully saturated rings. The Morgan fingerprint density at radius 3 is 2.74 bits per heavy atom. The maximum absolute atomic E-state index is 12.7. The van der Waals surface area contributed by atoms with Crippen molar-refractivity contribution in [1.29, 1.82) is 0 Å². The van der Waals surface area contributed by atoms with Gasteiger partial charge < -0.3 is 15.0 Å². The first kappa shape index (κ1) is 15.7. The van der Waals surface area contributed by atoms with Crippen molar-refractivity contribution < 1.29 is 9.53 Å². The molecular weight excluding hydrogens is 312 g/mol. The van der Waals surface area contributed by atoms with E-state index in [1.54, 1.807) is 7.11 Å². The summed E-state index contributed by atoms with van der Waals surface area (Å²) in [7, 11) is 1.59. The number of hydrogen-bond acceptors (Lipinski definition) is 2. The highest BCUT2D eigenvalue weighted by Crippen LogP contribution is 2.36. The van der Waals surface area contributed by atoms with Crippen LogP contribution in [-0.2, 0) is 0 Å². The first-order valence-corrected chi connectivity index (χ1v) is 8.03. The van der Waals surface area contributed by atoms with Crippen LogP contribution in [0.25, 0.3) is 0 Å². The number of nitrogens with zero attached hydrogens (tertiary/aromatic N) is 1. The van der Waals surface area contributed by atoms with Crippen LogP contribution in [0.3, 0.4) is 0 Å². The van der Waals surface area contributed by atoms with Gasteiger partial charge in [0, 0.05) is 11.6 Å². The number of carbonyl (C=O) groups is 1. The SMILES string of the molecule is COc1ccccc1NC(=O)N1CCC[C@H]1c1ccccc1Cl. The first-order valence-electron chi connectivity index (χ1n) is 7.66. The highest BCUT2D eigenvalue weighted by molar-refractivity contribution is 6.31. The Kier molecular flexibility index (Phi) is 4.72. The van der Waals surface area contributed by atoms with Gasteiger partial charge in [0.05, 0.1) is 18.8 Å². The Labute approximate surface area is 141 Å². The molecule has 1 atom stereocenters. The molecular formula is C18H19ClN2O2. The number of ether oxygens (including phenoxy) is 1. The van der Waals surface area contributed by atoms with E-state index in [1.807, 2.05) is 53.4 Å². The van der Waals surface area contributed by atoms with Crippen LogP contribution >= 0.6 is 11.6 Å². The summed E-state index contributed by atoms with van der Waals surface area (Å²) in [6.45, 7) is 0.719. The Morgan fingerprint density at radius 1 is 1.22 bits per heavy atom. The number of halogens is 1. The third kappa shape index (κ3) is 3.27. The lowest BCUT2D eigenvalue weighted by atomic mass is 10.0. The van der Waals surface area contributed by atoms with Gasteiger partial charge in [0.25, 0.3) is 0 Å². The molecule has 2 aromatic carbocycles. The molecule has 0 bridgehead atoms. The number of likely N-dealkylation sites (tertiary alicyclic amines) is 1. The van der Waals surface area contributed by atoms with Crippen LogP contribution in [0.1, 0.15) is 24.4 Å². The molecule has 4 nitrogen and oxygen atoms in total. The minimum Gasteiger partial charge on any atom is -0.495 e. The number of hydrogen-bond donors (Lipinski definition) is 1. The van der Waals surface area contributed by atoms with Crippen molar-refractivity contribution in [2.24, 2.45) is 0 Å². The van der Waals surface area contributed by atoms with Gasteiger partial charge in [0.2, 0.25) is 0 Å². The van der Waals surface area contributed by atoms with Crippen LogP contribution < -0.4 is 10.1 Å². The minimum atomic E-state index is -0.128. The molecule has 1 aliphatic rings. The minimum absolute atomic E-state index is 0.0124. The second kappa shape index (κ2) is 6.92. The van der Waals surface area contributed by atoms with Crippen LogP contribution in [0.15, 0.2) is 48.5 Å². The predicted octanol–water partition coefficient (Wildman–Crippen LogP) is 4.72. The fraction of sp³-hybridized carbons (Fsp3) is 0.278. The molecule has 2 amide bonds. The second-order valence-corrected chi connectivity index (χ2v) is 5.91. The van der Waals surface area contributed by atoms with E-state index in [0.717, 1.165) is 24.9 Å². The van der Waals surface area contributed by atoms with Gasteiger partial charge in [-0.05, 0) is 36.6 Å². The molecule has 1 N–H and O–H groups in total. The van der Waals surface area contributed by atoms with E-state index < -0.39 is 0 Å². The fourth-order valence-electron chi connectivity index (χ4n) is 3.01. The van der Waals surface area contributed by atoms with Gasteiger partial charge in [0.1, 0.15) is 5.75 Å². The van der Waals surface area contributed by atoms with Crippen LogP contribution in [-0.4, -0.2) is 24.6 Å². The molecule has 0 radical (unpaired) electrons. The third-order valence-electron chi connectivity index (χ3n) is 4.13. The molecule has 120 valence electrons. The summed E-state index contributed by atoms with van der Waals surface area (Å²) in [5, 5.41) is 3.64. The summed E-state index contributed by atoms with van der Waals surface area (Å²) in [6.07, 6.45) is 1.89. The summed E-state index contributed by atoms with van der Waals surface area (Å²) in [6, 6.07) is 15.0. The van der Waals surface area contributed by atoms with E-state index in [9.17, 15) is 4.79 Å². The van der Waals surface area contributed by atoms with Crippen molar-refractivity contribution >= 4 is 23.3 Å². The van der Waals surface area contributed by atoms with Crippen LogP contribution in [0.2, 0.25) is 5.02 Å². The van der Waals surface area contributed by atoms with Crippen LogP contribution in [0.5, 0.6) is 5.75 Å². The van der Waals surface area contributed by atoms with Gasteiger partial charge in [-0.3, -0.25) is 0 Å². The fourth-order valence-corrected chi connectivity index (χ4v) is 3.28. The molecule has 23 heavy (non-hydrogen) atoms. The normalized spacial score (nSPS) is 17.1. The average Bonchev–Trinajstić information content (AvgIpc) is 3.05. The Bertz CT molecular complexity index is 705. The average molecular weight is 331 g/mol. The summed E-state index contributed by atoms with van der Waals surface area (Å²) < 4.78 is 5.29. The van der Waals surface area contributed by atoms with E-state index >= 15 is 0 Å². The smallest absolute Gasteiger partial charge is 0.322 e. The Hall–Kier alpha value is -2.20. The second-order valence-electron chi connectivity index (χ2n) is 5.50. The number of nitrogens with one attached hydrogen (secondary N) is 1. The zero-order valence-electron chi connectivity index (χ0n) is 13.0. The van der Waals surface area contributed by atoms with Crippen molar-refractivity contribution in [2.75, 3.05) is 19.0 Å². The summed E-state index contributed by atoms with van der Waals surface area (Å²) in [4.78, 5) is 14.5. The Morgan fingerprint density at radius 2 is 1.96 bits per heavy atom. The number of para-hydroxylation sites is 2. The quantitative estimate of drug-likeness (QED) is 0.884. The molecule has 1 aliphatic heterocycles. The molecule has 0 unspecified atom stereocenters. The number of amides is 2. The van der Waals surface area contributed by atoms with Crippen molar-refractivity contribution in [1.82, 2.24) is 4.90 Å². The number of urea groups is 1. The first-order chi connectivity index (χ1) is 11.2. The molecule has 1 saturated heterocycles. The molecule has 0 aromatic heterocycles. The molecule has 1 heterocycles. The van der Waals surface area contributed by atoms with Gasteiger partial charge in [-0.2, -0.15) is 0 Å². The topological polar surface area (TPSA) is 41.6 Å². The van der Waals surface area contributed by atoms with Gasteiger partial charge in [-0.15, -0.1) is 0 Å². The van der Waals surface area contributed by atoms with Crippen molar-refractivity contribution in [3.05, 3.63) is 59.1 Å². The highest BCUT2D eigenvalue weighted by atomic mass is 35.5. The molecule has 3 rings (SSSR count). The molecule has 0 aliphatic carbocycles. The van der Waals surface area contributed by atoms with E-state index in [1.165, 1.54) is 0 Å². The number of rotatable bonds is 3. The number of methoxy groups -OCH3 is 1. The maximum atomic E-state index is 12.7. The highest BCUT2D eigenvalue weighted by Gasteiger charge is 2.31. The van der Waals surface area contributed by atoms with Gasteiger partial charge in [-0.25, -0.2) is 4.79 Å². The van der Waals surface area contributed by atoms with E-state index in [2.05, 4.69) is 5.32 Å². The standard InChI is InChI=1S/C18H19ClN2O2/c1-23-17-11-5-4-9-15(17)20-18(22)21-12-6-10-16(21)13-7-2-3-8-14(13)19/h2-5,7-9,11,16H,6,10,12H2,1H3,(H,20,22)/t16-/m0/s1. The monoisotopic (exact) mass is 330 g/mol. The lowest BCUT2D eigenvalue weighted by Crippen LogP contribution is -2.34. The third-order valence-corrected chi connectivity index (χ3v) is 4.47. The van der Waals surface area contributed by atoms with Crippen molar-refractivity contribution in [3.63, 3.8) is 0 Å². The largest absolute Gasteiger partial charge is 0.495 e. The summed E-state index contributed by atoms with van der Waals surface area (Å²) in [5.41, 5.74) is 1.67. The van der Waals surface area contributed by atoms with E-state index in [0.29, 0.717) is 16.5 Å². The lowest BCUT2D eigenvalue weighted by Gasteiger charge is -2.26. The molecule has 0 spiro atoms. The zero-order chi connectivity index (χ0) is 16.2. The van der Waals surface area contributed by atoms with Gasteiger partial charge >= 0.3 is 6.03 Å². The molecule has 0 saturated carbocycles. The number of benzene rings is 2. The number of anilines is 1. The van der Waals surface area contributed by atoms with Crippen molar-refractivity contribution in [2.45, 2.75) is 18.9 Å². The molecule has 2 aromatic rings. The van der Waals surface area contributed by atoms with Gasteiger partial charge in [0.15, 0.2) is 0 Å². The van der Waals surface area contributed by atoms with Crippen LogP contribution in [0, 0.1) is 0 Å². The van der Waals surface area contributed by atoms with E-state index in [-0.39, 0.29) is 12.1 Å². The maximum Gasteiger partial charge on any atom is 0.322 e. The predicted molar refractivity (Wildman–Crippen MR) is 92.1 cm³/mol. The number of carbonyl (C=O) groups excluding carboxylic acids is 1. The summed E-state index contributed by atoms with van der Waals surface area (Å²) in [5.74, 6) is 0.648. The Balaban J connectivity index is 1.80.